The smallest absolute Gasteiger partial charge is 0.141 e. The fraction of sp³-hybridized carbons (Fsp3) is 0.200. The van der Waals surface area contributed by atoms with Gasteiger partial charge in [-0.2, -0.15) is 5.10 Å². The lowest BCUT2D eigenvalue weighted by atomic mass is 10.1. The fourth-order valence-electron chi connectivity index (χ4n) is 1.43. The molecule has 0 aliphatic heterocycles. The molecule has 6 heteroatoms. The molecular formula is C10H10BrFN4. The van der Waals surface area contributed by atoms with Crippen LogP contribution in [-0.4, -0.2) is 15.2 Å². The van der Waals surface area contributed by atoms with Crippen molar-refractivity contribution < 1.29 is 4.39 Å². The first-order valence-electron chi connectivity index (χ1n) is 4.71. The average molecular weight is 285 g/mol. The molecule has 0 radical (unpaired) electrons. The predicted molar refractivity (Wildman–Crippen MR) is 61.1 cm³/mol. The van der Waals surface area contributed by atoms with Gasteiger partial charge in [0.25, 0.3) is 0 Å². The van der Waals surface area contributed by atoms with Crippen LogP contribution >= 0.6 is 15.9 Å². The zero-order valence-electron chi connectivity index (χ0n) is 8.32. The largest absolute Gasteiger partial charge is 0.321 e. The normalized spacial score (nSPS) is 12.7. The molecule has 0 aliphatic carbocycles. The summed E-state index contributed by atoms with van der Waals surface area (Å²) in [5.74, 6) is 0.289. The molecule has 2 aromatic rings. The van der Waals surface area contributed by atoms with Crippen LogP contribution in [0.15, 0.2) is 29.0 Å². The Morgan fingerprint density at radius 2 is 2.31 bits per heavy atom. The number of aromatic amines is 1. The second-order valence-corrected chi connectivity index (χ2v) is 4.33. The van der Waals surface area contributed by atoms with Crippen molar-refractivity contribution in [3.63, 3.8) is 0 Å². The van der Waals surface area contributed by atoms with Crippen LogP contribution in [-0.2, 0) is 6.42 Å². The molecule has 0 fully saturated rings. The van der Waals surface area contributed by atoms with Gasteiger partial charge in [-0.25, -0.2) is 9.37 Å². The number of nitrogens with one attached hydrogen (secondary N) is 1. The molecule has 2 rings (SSSR count). The lowest BCUT2D eigenvalue weighted by molar-refractivity contribution is 0.585. The van der Waals surface area contributed by atoms with Gasteiger partial charge in [-0.1, -0.05) is 15.9 Å². The van der Waals surface area contributed by atoms with E-state index in [0.717, 1.165) is 4.47 Å². The van der Waals surface area contributed by atoms with Crippen LogP contribution in [0.4, 0.5) is 4.39 Å². The Hall–Kier alpha value is -1.27. The molecule has 0 saturated heterocycles. The maximum absolute atomic E-state index is 13.4. The Labute approximate surface area is 100 Å². The lowest BCUT2D eigenvalue weighted by Crippen LogP contribution is -2.15. The van der Waals surface area contributed by atoms with E-state index in [0.29, 0.717) is 17.8 Å². The van der Waals surface area contributed by atoms with Crippen LogP contribution in [0.2, 0.25) is 0 Å². The van der Waals surface area contributed by atoms with Gasteiger partial charge in [0.1, 0.15) is 18.0 Å². The van der Waals surface area contributed by atoms with Crippen LogP contribution in [0, 0.1) is 5.82 Å². The van der Waals surface area contributed by atoms with E-state index in [2.05, 4.69) is 31.1 Å². The summed E-state index contributed by atoms with van der Waals surface area (Å²) < 4.78 is 14.3. The van der Waals surface area contributed by atoms with Gasteiger partial charge in [-0.05, 0) is 30.2 Å². The minimum absolute atomic E-state index is 0.266. The fourth-order valence-corrected chi connectivity index (χ4v) is 1.84. The summed E-state index contributed by atoms with van der Waals surface area (Å²) in [5, 5.41) is 6.38. The number of benzene rings is 1. The predicted octanol–water partition coefficient (Wildman–Crippen LogP) is 1.95. The highest BCUT2D eigenvalue weighted by atomic mass is 79.9. The SMILES string of the molecule is NC(Cc1cc(Br)ccc1F)c1ncn[nH]1. The molecule has 4 nitrogen and oxygen atoms in total. The molecule has 1 unspecified atom stereocenters. The van der Waals surface area contributed by atoms with Crippen molar-refractivity contribution in [3.05, 3.63) is 46.2 Å². The molecule has 1 aromatic carbocycles. The van der Waals surface area contributed by atoms with Crippen molar-refractivity contribution in [1.29, 1.82) is 0 Å². The molecular weight excluding hydrogens is 275 g/mol. The molecule has 1 atom stereocenters. The van der Waals surface area contributed by atoms with E-state index in [4.69, 9.17) is 5.73 Å². The number of hydrogen-bond acceptors (Lipinski definition) is 3. The van der Waals surface area contributed by atoms with Crippen LogP contribution in [0.1, 0.15) is 17.4 Å². The molecule has 0 saturated carbocycles. The standard InChI is InChI=1S/C10H10BrFN4/c11-7-1-2-8(12)6(3-7)4-9(13)10-14-5-15-16-10/h1-3,5,9H,4,13H2,(H,14,15,16). The van der Waals surface area contributed by atoms with E-state index < -0.39 is 0 Å². The molecule has 0 bridgehead atoms. The highest BCUT2D eigenvalue weighted by Gasteiger charge is 2.12. The summed E-state index contributed by atoms with van der Waals surface area (Å²) in [7, 11) is 0. The van der Waals surface area contributed by atoms with E-state index in [1.54, 1.807) is 12.1 Å². The maximum Gasteiger partial charge on any atom is 0.141 e. The van der Waals surface area contributed by atoms with Crippen molar-refractivity contribution in [1.82, 2.24) is 15.2 Å². The Bertz CT molecular complexity index is 472. The Morgan fingerprint density at radius 3 is 3.00 bits per heavy atom. The number of nitrogens with two attached hydrogens (primary N) is 1. The van der Waals surface area contributed by atoms with Crippen LogP contribution in [0.25, 0.3) is 0 Å². The maximum atomic E-state index is 13.4. The third-order valence-electron chi connectivity index (χ3n) is 2.23. The van der Waals surface area contributed by atoms with Crippen molar-refractivity contribution >= 4 is 15.9 Å². The van der Waals surface area contributed by atoms with Crippen molar-refractivity contribution in [2.75, 3.05) is 0 Å². The number of aromatic nitrogens is 3. The Kier molecular flexibility index (Phi) is 3.31. The molecule has 1 aromatic heterocycles. The van der Waals surface area contributed by atoms with E-state index >= 15 is 0 Å². The number of rotatable bonds is 3. The van der Waals surface area contributed by atoms with E-state index in [1.807, 2.05) is 0 Å². The third-order valence-corrected chi connectivity index (χ3v) is 2.73. The van der Waals surface area contributed by atoms with Crippen LogP contribution in [0.3, 0.4) is 0 Å². The number of halogens is 2. The van der Waals surface area contributed by atoms with Crippen molar-refractivity contribution in [2.24, 2.45) is 5.73 Å². The molecule has 0 spiro atoms. The van der Waals surface area contributed by atoms with Gasteiger partial charge in [0.15, 0.2) is 0 Å². The van der Waals surface area contributed by atoms with Crippen LogP contribution < -0.4 is 5.73 Å². The second kappa shape index (κ2) is 4.71. The average Bonchev–Trinajstić information content (AvgIpc) is 2.76. The van der Waals surface area contributed by atoms with Gasteiger partial charge in [0, 0.05) is 4.47 Å². The first kappa shape index (κ1) is 11.2. The number of nitrogens with zero attached hydrogens (tertiary/aromatic N) is 2. The summed E-state index contributed by atoms with van der Waals surface area (Å²) >= 11 is 3.29. The van der Waals surface area contributed by atoms with Gasteiger partial charge >= 0.3 is 0 Å². The van der Waals surface area contributed by atoms with E-state index in [9.17, 15) is 4.39 Å². The first-order valence-corrected chi connectivity index (χ1v) is 5.51. The third kappa shape index (κ3) is 2.45. The Morgan fingerprint density at radius 1 is 1.50 bits per heavy atom. The Balaban J connectivity index is 2.17. The number of H-pyrrole nitrogens is 1. The van der Waals surface area contributed by atoms with E-state index in [-0.39, 0.29) is 11.9 Å². The topological polar surface area (TPSA) is 67.6 Å². The zero-order chi connectivity index (χ0) is 11.5. The summed E-state index contributed by atoms with van der Waals surface area (Å²) in [6, 6.07) is 4.39. The van der Waals surface area contributed by atoms with Gasteiger partial charge in [0.2, 0.25) is 0 Å². The van der Waals surface area contributed by atoms with Crippen LogP contribution in [0.5, 0.6) is 0 Å². The molecule has 3 N–H and O–H groups in total. The van der Waals surface area contributed by atoms with Gasteiger partial charge in [-0.15, -0.1) is 0 Å². The highest BCUT2D eigenvalue weighted by Crippen LogP contribution is 2.19. The lowest BCUT2D eigenvalue weighted by Gasteiger charge is -2.09. The minimum atomic E-state index is -0.383. The van der Waals surface area contributed by atoms with Gasteiger partial charge < -0.3 is 5.73 Å². The van der Waals surface area contributed by atoms with Crippen molar-refractivity contribution in [3.8, 4) is 0 Å². The molecule has 1 heterocycles. The quantitative estimate of drug-likeness (QED) is 0.905. The van der Waals surface area contributed by atoms with Gasteiger partial charge in [0.05, 0.1) is 6.04 Å². The summed E-state index contributed by atoms with van der Waals surface area (Å²) in [6.07, 6.45) is 1.76. The number of hydrogen-bond donors (Lipinski definition) is 2. The molecule has 16 heavy (non-hydrogen) atoms. The van der Waals surface area contributed by atoms with Crippen molar-refractivity contribution in [2.45, 2.75) is 12.5 Å². The molecule has 84 valence electrons. The second-order valence-electron chi connectivity index (χ2n) is 3.42. The summed E-state index contributed by atoms with van der Waals surface area (Å²) in [6.45, 7) is 0. The zero-order valence-corrected chi connectivity index (χ0v) is 9.91. The monoisotopic (exact) mass is 284 g/mol. The van der Waals surface area contributed by atoms with Gasteiger partial charge in [-0.3, -0.25) is 5.10 Å². The minimum Gasteiger partial charge on any atom is -0.321 e. The molecule has 0 amide bonds. The summed E-state index contributed by atoms with van der Waals surface area (Å²) in [5.41, 5.74) is 6.43. The highest BCUT2D eigenvalue weighted by molar-refractivity contribution is 9.10. The van der Waals surface area contributed by atoms with E-state index in [1.165, 1.54) is 12.4 Å². The molecule has 0 aliphatic rings. The first-order chi connectivity index (χ1) is 7.66. The summed E-state index contributed by atoms with van der Waals surface area (Å²) in [4.78, 5) is 3.94.